The number of hydrogen-bond acceptors (Lipinski definition) is 5. The Morgan fingerprint density at radius 3 is 1.68 bits per heavy atom. The maximum absolute atomic E-state index is 10.8. The van der Waals surface area contributed by atoms with E-state index in [-0.39, 0.29) is 4.22 Å². The molecule has 0 aromatic rings. The van der Waals surface area contributed by atoms with E-state index in [9.17, 15) is 9.59 Å². The molecule has 0 unspecified atom stereocenters. The predicted octanol–water partition coefficient (Wildman–Crippen LogP) is 2.30. The van der Waals surface area contributed by atoms with Crippen molar-refractivity contribution in [3.63, 3.8) is 0 Å². The summed E-state index contributed by atoms with van der Waals surface area (Å²) in [6, 6.07) is 0. The Morgan fingerprint density at radius 2 is 1.27 bits per heavy atom. The van der Waals surface area contributed by atoms with Crippen LogP contribution in [0.2, 0.25) is 4.22 Å². The van der Waals surface area contributed by atoms with Gasteiger partial charge in [0, 0.05) is 0 Å². The van der Waals surface area contributed by atoms with E-state index in [4.69, 9.17) is 11.7 Å². The molecule has 0 saturated carbocycles. The number of allylic oxidation sites excluding steroid dienone is 4. The summed E-state index contributed by atoms with van der Waals surface area (Å²) in [6.07, 6.45) is 9.35. The molecular weight excluding hydrogens is 320 g/mol. The first kappa shape index (κ1) is 17.4. The first-order valence-corrected chi connectivity index (χ1v) is 9.97. The number of rotatable bonds is 5. The third-order valence-corrected chi connectivity index (χ3v) is 7.50. The second-order valence-electron chi connectivity index (χ2n) is 5.60. The molecule has 0 aromatic carbocycles. The van der Waals surface area contributed by atoms with Gasteiger partial charge in [-0.1, -0.05) is 0 Å². The zero-order valence-electron chi connectivity index (χ0n) is 12.9. The van der Waals surface area contributed by atoms with Gasteiger partial charge in [0.15, 0.2) is 0 Å². The van der Waals surface area contributed by atoms with Gasteiger partial charge in [-0.25, -0.2) is 0 Å². The third kappa shape index (κ3) is 3.37. The van der Waals surface area contributed by atoms with Crippen molar-refractivity contribution < 1.29 is 40.0 Å². The molecule has 22 heavy (non-hydrogen) atoms. The van der Waals surface area contributed by atoms with Gasteiger partial charge in [0.25, 0.3) is 0 Å². The third-order valence-electron chi connectivity index (χ3n) is 4.65. The molecule has 0 heterocycles. The number of fused-ring (bicyclic) bond motifs is 1. The van der Waals surface area contributed by atoms with E-state index in [0.717, 1.165) is 32.8 Å². The van der Waals surface area contributed by atoms with Crippen molar-refractivity contribution in [2.75, 3.05) is 7.11 Å². The average Bonchev–Trinajstić information content (AvgIpc) is 2.91. The predicted molar refractivity (Wildman–Crippen MR) is 75.0 cm³/mol. The van der Waals surface area contributed by atoms with Crippen molar-refractivity contribution in [2.45, 2.75) is 55.6 Å². The Bertz CT molecular complexity index is 441. The van der Waals surface area contributed by atoms with Gasteiger partial charge in [-0.15, -0.1) is 0 Å². The van der Waals surface area contributed by atoms with Crippen LogP contribution in [0.15, 0.2) is 22.3 Å². The second kappa shape index (κ2) is 8.65. The van der Waals surface area contributed by atoms with Crippen LogP contribution in [0.4, 0.5) is 0 Å². The molecule has 3 aliphatic rings. The van der Waals surface area contributed by atoms with Gasteiger partial charge in [0.05, 0.1) is 0 Å². The van der Waals surface area contributed by atoms with Crippen LogP contribution in [0, 0.1) is 0 Å². The Balaban J connectivity index is 0.000000847. The Morgan fingerprint density at radius 1 is 0.864 bits per heavy atom. The number of carbonyl (C=O) groups is 2. The molecule has 0 aliphatic heterocycles. The molecule has 0 N–H and O–H groups in total. The van der Waals surface area contributed by atoms with Crippen molar-refractivity contribution >= 4 is 12.9 Å². The fourth-order valence-corrected chi connectivity index (χ4v) is 6.63. The summed E-state index contributed by atoms with van der Waals surface area (Å²) in [4.78, 5) is 21.5. The van der Waals surface area contributed by atoms with Gasteiger partial charge in [0.1, 0.15) is 0 Å². The van der Waals surface area contributed by atoms with E-state index in [1.54, 1.807) is 0 Å². The van der Waals surface area contributed by atoms with E-state index in [1.807, 2.05) is 0 Å². The molecule has 0 amide bonds. The van der Waals surface area contributed by atoms with Gasteiger partial charge < -0.3 is 5.11 Å². The van der Waals surface area contributed by atoms with Crippen molar-refractivity contribution in [1.29, 1.82) is 0 Å². The summed E-state index contributed by atoms with van der Waals surface area (Å²) in [5.74, 6) is 0. The molecule has 3 rings (SSSR count). The van der Waals surface area contributed by atoms with Crippen LogP contribution < -0.4 is 5.11 Å². The summed E-state index contributed by atoms with van der Waals surface area (Å²) in [5, 5.41) is 8.25. The molecule has 3 aliphatic carbocycles. The molecule has 0 bridgehead atoms. The first-order chi connectivity index (χ1) is 10.9. The quantitative estimate of drug-likeness (QED) is 0.566. The Labute approximate surface area is 138 Å². The second-order valence-corrected chi connectivity index (χ2v) is 8.24. The minimum absolute atomic E-state index is 0.149. The molecule has 0 aromatic heterocycles. The van der Waals surface area contributed by atoms with Gasteiger partial charge in [-0.3, -0.25) is 0 Å². The van der Waals surface area contributed by atoms with Crippen LogP contribution in [-0.4, -0.2) is 20.1 Å². The van der Waals surface area contributed by atoms with Gasteiger partial charge >= 0.3 is 126 Å². The molecular formula is C16H22O5Ti. The molecule has 0 saturated heterocycles. The van der Waals surface area contributed by atoms with Crippen molar-refractivity contribution in [3.05, 3.63) is 22.3 Å². The Kier molecular flexibility index (Phi) is 6.86. The van der Waals surface area contributed by atoms with Crippen LogP contribution in [0.25, 0.3) is 0 Å². The molecule has 0 radical (unpaired) electrons. The summed E-state index contributed by atoms with van der Waals surface area (Å²) in [5.41, 5.74) is 5.90. The zero-order valence-corrected chi connectivity index (χ0v) is 14.5. The van der Waals surface area contributed by atoms with Crippen LogP contribution in [0.5, 0.6) is 0 Å². The van der Waals surface area contributed by atoms with Crippen LogP contribution in [0.3, 0.4) is 0 Å². The zero-order chi connectivity index (χ0) is 15.9. The molecule has 0 atom stereocenters. The van der Waals surface area contributed by atoms with Gasteiger partial charge in [-0.05, 0) is 0 Å². The van der Waals surface area contributed by atoms with E-state index in [1.165, 1.54) is 48.0 Å². The SMILES string of the molecule is C[O-].O=C[O][Ti+]([O]C=O)[CH]1C2=C(CCCC2)C2=C1CCCC2. The average molecular weight is 342 g/mol. The van der Waals surface area contributed by atoms with Gasteiger partial charge in [0.2, 0.25) is 0 Å². The molecule has 6 heteroatoms. The fraction of sp³-hybridized carbons (Fsp3) is 0.625. The first-order valence-electron chi connectivity index (χ1n) is 7.79. The maximum atomic E-state index is 10.8. The van der Waals surface area contributed by atoms with Crippen molar-refractivity contribution in [2.24, 2.45) is 0 Å². The summed E-state index contributed by atoms with van der Waals surface area (Å²) < 4.78 is 10.6. The number of carbonyl (C=O) groups excluding carboxylic acids is 2. The molecule has 5 nitrogen and oxygen atoms in total. The molecule has 120 valence electrons. The van der Waals surface area contributed by atoms with E-state index < -0.39 is 18.6 Å². The van der Waals surface area contributed by atoms with Crippen LogP contribution in [-0.2, 0) is 34.9 Å². The molecule has 0 spiro atoms. The fourth-order valence-electron chi connectivity index (χ4n) is 3.94. The topological polar surface area (TPSA) is 75.7 Å². The van der Waals surface area contributed by atoms with Gasteiger partial charge in [-0.2, -0.15) is 7.11 Å². The summed E-state index contributed by atoms with van der Waals surface area (Å²) in [6.45, 7) is 0.923. The summed E-state index contributed by atoms with van der Waals surface area (Å²) in [7, 11) is 0.750. The van der Waals surface area contributed by atoms with Crippen molar-refractivity contribution in [3.8, 4) is 0 Å². The van der Waals surface area contributed by atoms with Crippen molar-refractivity contribution in [1.82, 2.24) is 0 Å². The normalized spacial score (nSPS) is 20.5. The Hall–Kier alpha value is -0.906. The van der Waals surface area contributed by atoms with Crippen LogP contribution >= 0.6 is 0 Å². The number of hydrogen-bond donors (Lipinski definition) is 0. The summed E-state index contributed by atoms with van der Waals surface area (Å²) >= 11 is -2.64. The van der Waals surface area contributed by atoms with E-state index in [2.05, 4.69) is 0 Å². The van der Waals surface area contributed by atoms with E-state index >= 15 is 0 Å². The monoisotopic (exact) mass is 342 g/mol. The standard InChI is InChI=1S/C13H17.2CH2O2.CH3O.Ti/c1-3-7-12-10(5-1)9-11-6-2-4-8-13(11)12;2*2-1-3;1-2;/h9H,1-8H2;2*1H,(H,2,3);1H3;/q;;;-1;+3/p-2. The minimum atomic E-state index is -2.64. The van der Waals surface area contributed by atoms with E-state index in [0.29, 0.717) is 12.9 Å². The molecule has 0 fully saturated rings. The van der Waals surface area contributed by atoms with Crippen LogP contribution in [0.1, 0.15) is 51.4 Å².